The Labute approximate surface area is 104 Å². The first-order valence-electron chi connectivity index (χ1n) is 5.80. The molecule has 1 aromatic carbocycles. The van der Waals surface area contributed by atoms with Crippen LogP contribution in [0.4, 0.5) is 13.2 Å². The van der Waals surface area contributed by atoms with Gasteiger partial charge in [-0.1, -0.05) is 11.8 Å². The van der Waals surface area contributed by atoms with Gasteiger partial charge < -0.3 is 5.32 Å². The zero-order valence-corrected chi connectivity index (χ0v) is 10.1. The number of benzene rings is 1. The monoisotopic (exact) mass is 253 g/mol. The topological polar surface area (TPSA) is 12.0 Å². The van der Waals surface area contributed by atoms with Gasteiger partial charge in [0, 0.05) is 17.5 Å². The van der Waals surface area contributed by atoms with Crippen molar-refractivity contribution in [3.05, 3.63) is 35.4 Å². The molecule has 1 unspecified atom stereocenters. The zero-order valence-electron chi connectivity index (χ0n) is 10.1. The first-order valence-corrected chi connectivity index (χ1v) is 5.80. The summed E-state index contributed by atoms with van der Waals surface area (Å²) in [5.74, 6) is 6.09. The van der Waals surface area contributed by atoms with Gasteiger partial charge >= 0.3 is 6.18 Å². The van der Waals surface area contributed by atoms with Crippen LogP contribution in [0.1, 0.15) is 24.5 Å². The Kier molecular flexibility index (Phi) is 3.36. The highest BCUT2D eigenvalue weighted by Crippen LogP contribution is 2.29. The number of hydrogen-bond acceptors (Lipinski definition) is 1. The van der Waals surface area contributed by atoms with E-state index in [0.29, 0.717) is 5.56 Å². The fourth-order valence-corrected chi connectivity index (χ4v) is 1.89. The maximum atomic E-state index is 12.4. The normalized spacial score (nSPS) is 23.6. The summed E-state index contributed by atoms with van der Waals surface area (Å²) in [4.78, 5) is 0. The van der Waals surface area contributed by atoms with E-state index in [0.717, 1.165) is 31.6 Å². The molecule has 1 aliphatic rings. The third kappa shape index (κ3) is 3.05. The molecule has 0 aromatic heterocycles. The second kappa shape index (κ2) is 4.66. The fraction of sp³-hybridized carbons (Fsp3) is 0.429. The Morgan fingerprint density at radius 2 is 1.89 bits per heavy atom. The van der Waals surface area contributed by atoms with Gasteiger partial charge in [0.1, 0.15) is 0 Å². The number of halogens is 3. The predicted molar refractivity (Wildman–Crippen MR) is 63.9 cm³/mol. The summed E-state index contributed by atoms with van der Waals surface area (Å²) in [7, 11) is 0. The SMILES string of the molecule is CC1(C#Cc2ccc(C(F)(F)F)cc2)CCNC1. The average molecular weight is 253 g/mol. The molecule has 18 heavy (non-hydrogen) atoms. The highest BCUT2D eigenvalue weighted by Gasteiger charge is 2.30. The number of hydrogen-bond donors (Lipinski definition) is 1. The van der Waals surface area contributed by atoms with E-state index >= 15 is 0 Å². The summed E-state index contributed by atoms with van der Waals surface area (Å²) in [6.45, 7) is 3.84. The summed E-state index contributed by atoms with van der Waals surface area (Å²) >= 11 is 0. The van der Waals surface area contributed by atoms with Gasteiger partial charge in [-0.2, -0.15) is 13.2 Å². The van der Waals surface area contributed by atoms with Crippen LogP contribution in [0, 0.1) is 17.3 Å². The van der Waals surface area contributed by atoms with Crippen molar-refractivity contribution in [2.24, 2.45) is 5.41 Å². The van der Waals surface area contributed by atoms with Crippen molar-refractivity contribution in [2.75, 3.05) is 13.1 Å². The van der Waals surface area contributed by atoms with Crippen LogP contribution >= 0.6 is 0 Å². The Hall–Kier alpha value is -1.47. The molecule has 1 nitrogen and oxygen atoms in total. The van der Waals surface area contributed by atoms with Crippen LogP contribution in [-0.4, -0.2) is 13.1 Å². The van der Waals surface area contributed by atoms with E-state index in [9.17, 15) is 13.2 Å². The van der Waals surface area contributed by atoms with Crippen LogP contribution < -0.4 is 5.32 Å². The quantitative estimate of drug-likeness (QED) is 0.701. The van der Waals surface area contributed by atoms with Gasteiger partial charge in [0.2, 0.25) is 0 Å². The number of rotatable bonds is 0. The molecule has 4 heteroatoms. The van der Waals surface area contributed by atoms with Crippen molar-refractivity contribution in [2.45, 2.75) is 19.5 Å². The lowest BCUT2D eigenvalue weighted by molar-refractivity contribution is -0.137. The predicted octanol–water partition coefficient (Wildman–Crippen LogP) is 3.06. The minimum Gasteiger partial charge on any atom is -0.315 e. The Balaban J connectivity index is 2.14. The van der Waals surface area contributed by atoms with Crippen LogP contribution in [0.5, 0.6) is 0 Å². The first-order chi connectivity index (χ1) is 8.39. The molecular formula is C14H14F3N. The molecule has 0 bridgehead atoms. The van der Waals surface area contributed by atoms with Crippen LogP contribution in [0.15, 0.2) is 24.3 Å². The van der Waals surface area contributed by atoms with E-state index in [4.69, 9.17) is 0 Å². The molecule has 96 valence electrons. The summed E-state index contributed by atoms with van der Waals surface area (Å²) in [6, 6.07) is 4.97. The summed E-state index contributed by atoms with van der Waals surface area (Å²) in [6.07, 6.45) is -3.31. The minimum atomic E-state index is -4.28. The molecule has 1 aromatic rings. The lowest BCUT2D eigenvalue weighted by atomic mass is 9.90. The Morgan fingerprint density at radius 3 is 2.39 bits per heavy atom. The fourth-order valence-electron chi connectivity index (χ4n) is 1.89. The Bertz CT molecular complexity index is 470. The lowest BCUT2D eigenvalue weighted by Gasteiger charge is -2.13. The van der Waals surface area contributed by atoms with E-state index in [1.165, 1.54) is 12.1 Å². The minimum absolute atomic E-state index is 0.0668. The van der Waals surface area contributed by atoms with Crippen LogP contribution in [-0.2, 0) is 6.18 Å². The molecule has 1 atom stereocenters. The Morgan fingerprint density at radius 1 is 1.22 bits per heavy atom. The second-order valence-electron chi connectivity index (χ2n) is 4.81. The van der Waals surface area contributed by atoms with Gasteiger partial charge in [-0.15, -0.1) is 0 Å². The lowest BCUT2D eigenvalue weighted by Crippen LogP contribution is -2.17. The summed E-state index contributed by atoms with van der Waals surface area (Å²) in [5.41, 5.74) is -0.0826. The van der Waals surface area contributed by atoms with Gasteiger partial charge in [0.25, 0.3) is 0 Å². The van der Waals surface area contributed by atoms with Crippen molar-refractivity contribution in [3.63, 3.8) is 0 Å². The third-order valence-electron chi connectivity index (χ3n) is 3.09. The van der Waals surface area contributed by atoms with Crippen LogP contribution in [0.25, 0.3) is 0 Å². The van der Waals surface area contributed by atoms with Crippen molar-refractivity contribution in [3.8, 4) is 11.8 Å². The smallest absolute Gasteiger partial charge is 0.315 e. The van der Waals surface area contributed by atoms with Gasteiger partial charge in [-0.25, -0.2) is 0 Å². The molecule has 1 N–H and O–H groups in total. The number of nitrogens with one attached hydrogen (secondary N) is 1. The maximum absolute atomic E-state index is 12.4. The van der Waals surface area contributed by atoms with E-state index in [1.54, 1.807) is 0 Å². The van der Waals surface area contributed by atoms with Crippen LogP contribution in [0.2, 0.25) is 0 Å². The second-order valence-corrected chi connectivity index (χ2v) is 4.81. The largest absolute Gasteiger partial charge is 0.416 e. The van der Waals surface area contributed by atoms with Crippen molar-refractivity contribution in [1.82, 2.24) is 5.32 Å². The maximum Gasteiger partial charge on any atom is 0.416 e. The molecule has 1 aliphatic heterocycles. The van der Waals surface area contributed by atoms with Crippen molar-refractivity contribution >= 4 is 0 Å². The molecular weight excluding hydrogens is 239 g/mol. The summed E-state index contributed by atoms with van der Waals surface area (Å²) < 4.78 is 37.1. The molecule has 0 amide bonds. The van der Waals surface area contributed by atoms with E-state index in [-0.39, 0.29) is 5.41 Å². The standard InChI is InChI=1S/C14H14F3N/c1-13(8-9-18-10-13)7-6-11-2-4-12(5-3-11)14(15,16)17/h2-5,18H,8-10H2,1H3. The molecule has 1 heterocycles. The van der Waals surface area contributed by atoms with Crippen LogP contribution in [0.3, 0.4) is 0 Å². The molecule has 0 spiro atoms. The van der Waals surface area contributed by atoms with Gasteiger partial charge in [-0.3, -0.25) is 0 Å². The molecule has 2 rings (SSSR count). The third-order valence-corrected chi connectivity index (χ3v) is 3.09. The molecule has 1 saturated heterocycles. The number of alkyl halides is 3. The molecule has 0 radical (unpaired) electrons. The van der Waals surface area contributed by atoms with Crippen molar-refractivity contribution < 1.29 is 13.2 Å². The average Bonchev–Trinajstić information content (AvgIpc) is 2.74. The van der Waals surface area contributed by atoms with Crippen molar-refractivity contribution in [1.29, 1.82) is 0 Å². The zero-order chi connectivity index (χ0) is 13.2. The van der Waals surface area contributed by atoms with E-state index in [2.05, 4.69) is 24.1 Å². The van der Waals surface area contributed by atoms with E-state index in [1.807, 2.05) is 0 Å². The van der Waals surface area contributed by atoms with Gasteiger partial charge in [0.05, 0.1) is 5.56 Å². The highest BCUT2D eigenvalue weighted by atomic mass is 19.4. The van der Waals surface area contributed by atoms with E-state index < -0.39 is 11.7 Å². The van der Waals surface area contributed by atoms with Gasteiger partial charge in [-0.05, 0) is 44.2 Å². The first kappa shape index (κ1) is 13.0. The molecule has 1 fully saturated rings. The molecule has 0 aliphatic carbocycles. The highest BCUT2D eigenvalue weighted by molar-refractivity contribution is 5.38. The molecule has 0 saturated carbocycles. The van der Waals surface area contributed by atoms with Gasteiger partial charge in [0.15, 0.2) is 0 Å². The summed E-state index contributed by atoms with van der Waals surface area (Å²) in [5, 5.41) is 3.23.